The Balaban J connectivity index is 1.40. The largest absolute Gasteiger partial charge is 0.468 e. The Labute approximate surface area is 187 Å². The zero-order valence-electron chi connectivity index (χ0n) is 18.2. The van der Waals surface area contributed by atoms with Crippen LogP contribution in [-0.2, 0) is 20.7 Å². The Morgan fingerprint density at radius 2 is 1.78 bits per heavy atom. The second-order valence-electron chi connectivity index (χ2n) is 8.81. The fourth-order valence-corrected chi connectivity index (χ4v) is 5.06. The smallest absolute Gasteiger partial charge is 0.338 e. The Hall–Kier alpha value is -3.12. The number of methoxy groups -OCH3 is 1. The molecule has 2 atom stereocenters. The van der Waals surface area contributed by atoms with E-state index in [1.807, 2.05) is 30.3 Å². The molecule has 6 heteroatoms. The number of ether oxygens (including phenoxy) is 2. The molecule has 0 saturated heterocycles. The lowest BCUT2D eigenvalue weighted by molar-refractivity contribution is -0.143. The Morgan fingerprint density at radius 1 is 1.03 bits per heavy atom. The van der Waals surface area contributed by atoms with Crippen LogP contribution in [0.25, 0.3) is 10.9 Å². The zero-order chi connectivity index (χ0) is 22.1. The van der Waals surface area contributed by atoms with Gasteiger partial charge < -0.3 is 14.5 Å². The predicted octanol–water partition coefficient (Wildman–Crippen LogP) is 4.29. The van der Waals surface area contributed by atoms with E-state index in [4.69, 9.17) is 9.47 Å². The maximum atomic E-state index is 12.5. The van der Waals surface area contributed by atoms with Gasteiger partial charge >= 0.3 is 11.9 Å². The minimum absolute atomic E-state index is 0.209. The maximum absolute atomic E-state index is 12.5. The summed E-state index contributed by atoms with van der Waals surface area (Å²) in [4.78, 5) is 28.4. The van der Waals surface area contributed by atoms with E-state index >= 15 is 0 Å². The van der Waals surface area contributed by atoms with Gasteiger partial charge in [-0.1, -0.05) is 43.2 Å². The van der Waals surface area contributed by atoms with Crippen LogP contribution in [0.3, 0.4) is 0 Å². The number of para-hydroxylation sites is 1. The molecule has 0 bridgehead atoms. The second-order valence-corrected chi connectivity index (χ2v) is 8.81. The third kappa shape index (κ3) is 3.91. The number of carbonyl (C=O) groups is 2. The molecule has 1 aliphatic heterocycles. The number of H-pyrrole nitrogens is 1. The molecule has 3 aromatic rings. The van der Waals surface area contributed by atoms with Crippen molar-refractivity contribution in [2.24, 2.45) is 5.92 Å². The Morgan fingerprint density at radius 3 is 2.53 bits per heavy atom. The standard InChI is InChI=1S/C26H28N2O4/c1-31-26(30)22-14-20-19-8-4-5-9-21(19)27-24(20)23(28-22)17-10-12-18(13-11-17)25(29)32-15-16-6-2-3-7-16/h4-5,8-13,16,22-23,27-28H,2-3,6-7,14-15H2,1H3/t22-,23+/m1/s1. The van der Waals surface area contributed by atoms with E-state index in [1.54, 1.807) is 12.1 Å². The topological polar surface area (TPSA) is 80.4 Å². The molecule has 1 aromatic heterocycles. The van der Waals surface area contributed by atoms with Gasteiger partial charge in [0.2, 0.25) is 0 Å². The van der Waals surface area contributed by atoms with Crippen LogP contribution in [0.2, 0.25) is 0 Å². The number of aromatic nitrogens is 1. The molecule has 2 aromatic carbocycles. The van der Waals surface area contributed by atoms with Crippen LogP contribution in [0.5, 0.6) is 0 Å². The number of hydrogen-bond acceptors (Lipinski definition) is 5. The van der Waals surface area contributed by atoms with Crippen molar-refractivity contribution in [2.75, 3.05) is 13.7 Å². The fourth-order valence-electron chi connectivity index (χ4n) is 5.06. The Bertz CT molecular complexity index is 1130. The van der Waals surface area contributed by atoms with E-state index < -0.39 is 6.04 Å². The van der Waals surface area contributed by atoms with E-state index in [-0.39, 0.29) is 18.0 Å². The van der Waals surface area contributed by atoms with Gasteiger partial charge in [0, 0.05) is 23.0 Å². The van der Waals surface area contributed by atoms with Gasteiger partial charge in [-0.25, -0.2) is 4.79 Å². The highest BCUT2D eigenvalue weighted by molar-refractivity contribution is 5.90. The molecule has 1 saturated carbocycles. The van der Waals surface area contributed by atoms with Crippen molar-refractivity contribution in [3.8, 4) is 0 Å². The summed E-state index contributed by atoms with van der Waals surface area (Å²) in [6, 6.07) is 14.9. The van der Waals surface area contributed by atoms with Crippen LogP contribution < -0.4 is 5.32 Å². The van der Waals surface area contributed by atoms with Crippen LogP contribution in [0.4, 0.5) is 0 Å². The lowest BCUT2D eigenvalue weighted by Crippen LogP contribution is -2.45. The molecule has 0 amide bonds. The van der Waals surface area contributed by atoms with Crippen molar-refractivity contribution in [1.29, 1.82) is 0 Å². The SMILES string of the molecule is COC(=O)[C@H]1Cc2c([nH]c3ccccc23)[C@H](c2ccc(C(=O)OCC3CCCC3)cc2)N1. The van der Waals surface area contributed by atoms with Gasteiger partial charge in [0.25, 0.3) is 0 Å². The predicted molar refractivity (Wildman–Crippen MR) is 121 cm³/mol. The van der Waals surface area contributed by atoms with Gasteiger partial charge in [-0.3, -0.25) is 10.1 Å². The normalized spacial score (nSPS) is 20.8. The number of carbonyl (C=O) groups excluding carboxylic acids is 2. The van der Waals surface area contributed by atoms with E-state index in [9.17, 15) is 9.59 Å². The number of nitrogens with one attached hydrogen (secondary N) is 2. The van der Waals surface area contributed by atoms with Crippen LogP contribution in [-0.4, -0.2) is 36.7 Å². The van der Waals surface area contributed by atoms with Crippen molar-refractivity contribution in [2.45, 2.75) is 44.2 Å². The van der Waals surface area contributed by atoms with Crippen LogP contribution in [0.1, 0.15) is 58.9 Å². The van der Waals surface area contributed by atoms with Gasteiger partial charge in [0.1, 0.15) is 6.04 Å². The van der Waals surface area contributed by atoms with E-state index in [1.165, 1.54) is 20.0 Å². The molecule has 0 radical (unpaired) electrons. The van der Waals surface area contributed by atoms with Crippen molar-refractivity contribution in [3.05, 3.63) is 70.9 Å². The van der Waals surface area contributed by atoms with Gasteiger partial charge in [0.05, 0.1) is 25.3 Å². The first-order valence-electron chi connectivity index (χ1n) is 11.3. The van der Waals surface area contributed by atoms with E-state index in [0.717, 1.165) is 40.6 Å². The van der Waals surface area contributed by atoms with Gasteiger partial charge in [-0.15, -0.1) is 0 Å². The number of esters is 2. The summed E-state index contributed by atoms with van der Waals surface area (Å²) in [6.07, 6.45) is 5.32. The minimum atomic E-state index is -0.437. The summed E-state index contributed by atoms with van der Waals surface area (Å²) in [5, 5.41) is 4.55. The molecule has 2 aliphatic rings. The second kappa shape index (κ2) is 8.79. The van der Waals surface area contributed by atoms with Crippen LogP contribution in [0.15, 0.2) is 48.5 Å². The van der Waals surface area contributed by atoms with E-state index in [0.29, 0.717) is 24.5 Å². The summed E-state index contributed by atoms with van der Waals surface area (Å²) in [7, 11) is 1.41. The number of aromatic amines is 1. The zero-order valence-corrected chi connectivity index (χ0v) is 18.2. The molecule has 2 N–H and O–H groups in total. The molecular weight excluding hydrogens is 404 g/mol. The molecule has 32 heavy (non-hydrogen) atoms. The van der Waals surface area contributed by atoms with Crippen molar-refractivity contribution < 1.29 is 19.1 Å². The monoisotopic (exact) mass is 432 g/mol. The molecule has 1 aliphatic carbocycles. The number of hydrogen-bond donors (Lipinski definition) is 2. The van der Waals surface area contributed by atoms with Crippen LogP contribution >= 0.6 is 0 Å². The van der Waals surface area contributed by atoms with Crippen molar-refractivity contribution in [1.82, 2.24) is 10.3 Å². The minimum Gasteiger partial charge on any atom is -0.468 e. The summed E-state index contributed by atoms with van der Waals surface area (Å²) in [5.74, 6) is -0.0582. The molecule has 166 valence electrons. The molecule has 0 unspecified atom stereocenters. The fraction of sp³-hybridized carbons (Fsp3) is 0.385. The van der Waals surface area contributed by atoms with Gasteiger partial charge in [-0.2, -0.15) is 0 Å². The summed E-state index contributed by atoms with van der Waals surface area (Å²) in [6.45, 7) is 0.504. The number of rotatable bonds is 5. The molecule has 2 heterocycles. The third-order valence-corrected chi connectivity index (χ3v) is 6.80. The highest BCUT2D eigenvalue weighted by Gasteiger charge is 2.34. The summed E-state index contributed by atoms with van der Waals surface area (Å²) < 4.78 is 10.6. The highest BCUT2D eigenvalue weighted by atomic mass is 16.5. The van der Waals surface area contributed by atoms with Crippen LogP contribution in [0, 0.1) is 5.92 Å². The molecule has 6 nitrogen and oxygen atoms in total. The lowest BCUT2D eigenvalue weighted by Gasteiger charge is -2.30. The first-order valence-corrected chi connectivity index (χ1v) is 11.3. The van der Waals surface area contributed by atoms with Crippen molar-refractivity contribution >= 4 is 22.8 Å². The van der Waals surface area contributed by atoms with Gasteiger partial charge in [-0.05, 0) is 48.1 Å². The molecule has 1 fully saturated rings. The third-order valence-electron chi connectivity index (χ3n) is 6.80. The van der Waals surface area contributed by atoms with E-state index in [2.05, 4.69) is 16.4 Å². The first-order chi connectivity index (χ1) is 15.6. The molecular formula is C26H28N2O4. The number of benzene rings is 2. The maximum Gasteiger partial charge on any atom is 0.338 e. The Kier molecular flexibility index (Phi) is 5.70. The number of fused-ring (bicyclic) bond motifs is 3. The van der Waals surface area contributed by atoms with Crippen molar-refractivity contribution in [3.63, 3.8) is 0 Å². The summed E-state index contributed by atoms with van der Waals surface area (Å²) in [5.41, 5.74) is 4.73. The average molecular weight is 433 g/mol. The van der Waals surface area contributed by atoms with Gasteiger partial charge in [0.15, 0.2) is 0 Å². The lowest BCUT2D eigenvalue weighted by atomic mass is 9.90. The first kappa shape index (κ1) is 20.8. The quantitative estimate of drug-likeness (QED) is 0.588. The summed E-state index contributed by atoms with van der Waals surface area (Å²) >= 11 is 0. The molecule has 0 spiro atoms. The highest BCUT2D eigenvalue weighted by Crippen LogP contribution is 2.35. The average Bonchev–Trinajstić information content (AvgIpc) is 3.49. The molecule has 5 rings (SSSR count).